The highest BCUT2D eigenvalue weighted by molar-refractivity contribution is 8.12. The molecule has 3 nitrogen and oxygen atoms in total. The summed E-state index contributed by atoms with van der Waals surface area (Å²) in [4.78, 5) is -0.102. The van der Waals surface area contributed by atoms with Crippen LogP contribution in [0.2, 0.25) is 0 Å². The van der Waals surface area contributed by atoms with Crippen molar-refractivity contribution < 1.29 is 13.0 Å². The molecule has 0 aliphatic carbocycles. The van der Waals surface area contributed by atoms with Crippen LogP contribution in [0.15, 0.2) is 59.5 Å². The average molecular weight is 297 g/mol. The Morgan fingerprint density at radius 3 is 2.11 bits per heavy atom. The van der Waals surface area contributed by atoms with Crippen molar-refractivity contribution in [3.05, 3.63) is 54.6 Å². The second kappa shape index (κ2) is 5.24. The summed E-state index contributed by atoms with van der Waals surface area (Å²) in [5.41, 5.74) is 0. The molecule has 6 heteroatoms. The summed E-state index contributed by atoms with van der Waals surface area (Å²) in [6.07, 6.45) is 0. The third kappa shape index (κ3) is 2.82. The summed E-state index contributed by atoms with van der Waals surface area (Å²) in [5, 5.41) is 1.37. The lowest BCUT2D eigenvalue weighted by Gasteiger charge is -2.09. The first-order chi connectivity index (χ1) is 8.50. The summed E-state index contributed by atoms with van der Waals surface area (Å²) < 4.78 is 31.8. The van der Waals surface area contributed by atoms with Gasteiger partial charge in [-0.1, -0.05) is 42.1 Å². The summed E-state index contributed by atoms with van der Waals surface area (Å²) >= 11 is 5.42. The van der Waals surface area contributed by atoms with Gasteiger partial charge < -0.3 is 0 Å². The molecule has 1 radical (unpaired) electrons. The van der Waals surface area contributed by atoms with Gasteiger partial charge in [0.15, 0.2) is 0 Å². The van der Waals surface area contributed by atoms with Gasteiger partial charge in [-0.15, -0.1) is 0 Å². The summed E-state index contributed by atoms with van der Waals surface area (Å²) in [7, 11) is -4.24. The fourth-order valence-corrected chi connectivity index (χ4v) is 4.98. The van der Waals surface area contributed by atoms with Gasteiger partial charge in [-0.3, -0.25) is 4.55 Å². The van der Waals surface area contributed by atoms with Crippen LogP contribution in [-0.4, -0.2) is 13.0 Å². The Labute approximate surface area is 112 Å². The zero-order valence-electron chi connectivity index (χ0n) is 9.22. The van der Waals surface area contributed by atoms with Gasteiger partial charge in [0, 0.05) is 10.6 Å². The third-order valence-corrected chi connectivity index (χ3v) is 6.23. The standard InChI is InChI=1S/C12H10O3PS2/c13-18(14,15)12-9-5-4-8-11(12)16(17)10-6-2-1-3-7-10/h1-9H,(H,13,14,15). The highest BCUT2D eigenvalue weighted by Gasteiger charge is 2.17. The van der Waals surface area contributed by atoms with Crippen molar-refractivity contribution in [1.82, 2.24) is 0 Å². The first-order valence-corrected chi connectivity index (χ1v) is 8.88. The van der Waals surface area contributed by atoms with Crippen LogP contribution in [-0.2, 0) is 21.9 Å². The molecule has 0 spiro atoms. The Kier molecular flexibility index (Phi) is 3.88. The van der Waals surface area contributed by atoms with Crippen LogP contribution in [0.4, 0.5) is 0 Å². The van der Waals surface area contributed by atoms with Crippen LogP contribution < -0.4 is 10.6 Å². The van der Waals surface area contributed by atoms with Gasteiger partial charge in [0.05, 0.1) is 0 Å². The minimum atomic E-state index is -4.24. The topological polar surface area (TPSA) is 54.4 Å². The van der Waals surface area contributed by atoms with E-state index in [1.165, 1.54) is 6.07 Å². The molecular formula is C12H10O3PS2. The van der Waals surface area contributed by atoms with Crippen LogP contribution in [0, 0.1) is 0 Å². The molecular weight excluding hydrogens is 287 g/mol. The molecule has 1 unspecified atom stereocenters. The molecule has 0 fully saturated rings. The highest BCUT2D eigenvalue weighted by atomic mass is 32.4. The van der Waals surface area contributed by atoms with Crippen molar-refractivity contribution in [3.8, 4) is 0 Å². The Hall–Kier alpha value is -1.13. The van der Waals surface area contributed by atoms with E-state index in [-0.39, 0.29) is 4.90 Å². The van der Waals surface area contributed by atoms with Crippen molar-refractivity contribution in [1.29, 1.82) is 0 Å². The van der Waals surface area contributed by atoms with Crippen molar-refractivity contribution >= 4 is 39.2 Å². The molecule has 0 bridgehead atoms. The molecule has 0 aromatic heterocycles. The SMILES string of the molecule is O=S(=O)(O)c1ccccc1[P](=S)c1ccccc1. The Morgan fingerprint density at radius 2 is 1.50 bits per heavy atom. The average Bonchev–Trinajstić information content (AvgIpc) is 2.38. The first-order valence-electron chi connectivity index (χ1n) is 5.09. The number of hydrogen-bond donors (Lipinski definition) is 1. The van der Waals surface area contributed by atoms with Crippen LogP contribution >= 0.6 is 6.70 Å². The second-order valence-electron chi connectivity index (χ2n) is 3.57. The van der Waals surface area contributed by atoms with E-state index < -0.39 is 16.8 Å². The normalized spacial score (nSPS) is 12.2. The van der Waals surface area contributed by atoms with E-state index in [0.717, 1.165) is 5.30 Å². The van der Waals surface area contributed by atoms with E-state index in [4.69, 9.17) is 11.8 Å². The van der Waals surface area contributed by atoms with Gasteiger partial charge in [-0.2, -0.15) is 8.42 Å². The molecule has 0 heterocycles. The molecule has 0 saturated carbocycles. The summed E-state index contributed by atoms with van der Waals surface area (Å²) in [6, 6.07) is 15.6. The van der Waals surface area contributed by atoms with Crippen LogP contribution in [0.1, 0.15) is 0 Å². The van der Waals surface area contributed by atoms with Gasteiger partial charge in [0.1, 0.15) is 4.90 Å². The van der Waals surface area contributed by atoms with E-state index in [1.54, 1.807) is 18.2 Å². The molecule has 0 amide bonds. The molecule has 2 aromatic carbocycles. The van der Waals surface area contributed by atoms with Crippen molar-refractivity contribution in [2.75, 3.05) is 0 Å². The predicted octanol–water partition coefficient (Wildman–Crippen LogP) is 1.83. The largest absolute Gasteiger partial charge is 0.295 e. The molecule has 2 rings (SSSR count). The van der Waals surface area contributed by atoms with E-state index in [1.807, 2.05) is 30.3 Å². The molecule has 0 aliphatic heterocycles. The van der Waals surface area contributed by atoms with Crippen LogP contribution in [0.3, 0.4) is 0 Å². The van der Waals surface area contributed by atoms with E-state index in [9.17, 15) is 13.0 Å². The molecule has 2 aromatic rings. The predicted molar refractivity (Wildman–Crippen MR) is 76.3 cm³/mol. The van der Waals surface area contributed by atoms with E-state index in [2.05, 4.69) is 0 Å². The lowest BCUT2D eigenvalue weighted by Crippen LogP contribution is -2.15. The molecule has 0 aliphatic rings. The lowest BCUT2D eigenvalue weighted by molar-refractivity contribution is 0.484. The smallest absolute Gasteiger partial charge is 0.282 e. The molecule has 1 N–H and O–H groups in total. The lowest BCUT2D eigenvalue weighted by atomic mass is 10.4. The summed E-state index contributed by atoms with van der Waals surface area (Å²) in [6.45, 7) is -1.21. The fourth-order valence-electron chi connectivity index (χ4n) is 1.55. The number of hydrogen-bond acceptors (Lipinski definition) is 3. The number of benzene rings is 2. The van der Waals surface area contributed by atoms with E-state index in [0.29, 0.717) is 5.30 Å². The minimum Gasteiger partial charge on any atom is -0.282 e. The molecule has 0 saturated heterocycles. The highest BCUT2D eigenvalue weighted by Crippen LogP contribution is 2.23. The van der Waals surface area contributed by atoms with Gasteiger partial charge in [0.25, 0.3) is 10.1 Å². The number of rotatable bonds is 3. The quantitative estimate of drug-likeness (QED) is 0.693. The van der Waals surface area contributed by atoms with Gasteiger partial charge >= 0.3 is 0 Å². The van der Waals surface area contributed by atoms with E-state index >= 15 is 0 Å². The van der Waals surface area contributed by atoms with Crippen LogP contribution in [0.25, 0.3) is 0 Å². The monoisotopic (exact) mass is 297 g/mol. The third-order valence-electron chi connectivity index (χ3n) is 2.35. The molecule has 18 heavy (non-hydrogen) atoms. The zero-order chi connectivity index (χ0) is 13.2. The van der Waals surface area contributed by atoms with Crippen molar-refractivity contribution in [3.63, 3.8) is 0 Å². The van der Waals surface area contributed by atoms with Gasteiger partial charge in [-0.25, -0.2) is 0 Å². The molecule has 93 valence electrons. The maximum atomic E-state index is 11.3. The fraction of sp³-hybridized carbons (Fsp3) is 0. The maximum Gasteiger partial charge on any atom is 0.295 e. The first kappa shape index (κ1) is 13.3. The summed E-state index contributed by atoms with van der Waals surface area (Å²) in [5.74, 6) is 0. The maximum absolute atomic E-state index is 11.3. The van der Waals surface area contributed by atoms with Gasteiger partial charge in [-0.05, 0) is 31.0 Å². The van der Waals surface area contributed by atoms with Gasteiger partial charge in [0.2, 0.25) is 0 Å². The Bertz CT molecular complexity index is 681. The molecule has 1 atom stereocenters. The van der Waals surface area contributed by atoms with Crippen molar-refractivity contribution in [2.24, 2.45) is 0 Å². The zero-order valence-corrected chi connectivity index (χ0v) is 11.8. The minimum absolute atomic E-state index is 0.102. The second-order valence-corrected chi connectivity index (χ2v) is 7.65. The Balaban J connectivity index is 2.57. The van der Waals surface area contributed by atoms with Crippen LogP contribution in [0.5, 0.6) is 0 Å². The van der Waals surface area contributed by atoms with Crippen molar-refractivity contribution in [2.45, 2.75) is 4.90 Å². The Morgan fingerprint density at radius 1 is 0.944 bits per heavy atom.